The summed E-state index contributed by atoms with van der Waals surface area (Å²) in [5, 5.41) is 20.9. The molecule has 1 fully saturated rings. The normalized spacial score (nSPS) is 16.8. The molecule has 0 bridgehead atoms. The molecule has 0 aromatic carbocycles. The van der Waals surface area contributed by atoms with Gasteiger partial charge in [0.1, 0.15) is 0 Å². The quantitative estimate of drug-likeness (QED) is 0.704. The Kier molecular flexibility index (Phi) is 2.72. The molecule has 1 aliphatic rings. The van der Waals surface area contributed by atoms with E-state index in [2.05, 4.69) is 5.10 Å². The lowest BCUT2D eigenvalue weighted by Gasteiger charge is -2.11. The van der Waals surface area contributed by atoms with Gasteiger partial charge in [0.15, 0.2) is 0 Å². The van der Waals surface area contributed by atoms with E-state index in [0.29, 0.717) is 0 Å². The zero-order valence-electron chi connectivity index (χ0n) is 8.77. The number of carboxylic acid groups (broad SMARTS) is 1. The Morgan fingerprint density at radius 1 is 1.44 bits per heavy atom. The molecule has 16 heavy (non-hydrogen) atoms. The zero-order valence-corrected chi connectivity index (χ0v) is 8.77. The number of aromatic nitrogens is 2. The molecule has 2 rings (SSSR count). The van der Waals surface area contributed by atoms with E-state index in [1.54, 1.807) is 0 Å². The van der Waals surface area contributed by atoms with Gasteiger partial charge in [0.2, 0.25) is 5.88 Å². The fourth-order valence-corrected chi connectivity index (χ4v) is 2.21. The number of hydrogen-bond acceptors (Lipinski definition) is 3. The van der Waals surface area contributed by atoms with Crippen LogP contribution in [0.4, 0.5) is 0 Å². The molecule has 0 unspecified atom stereocenters. The molecule has 1 aliphatic carbocycles. The SMILES string of the molecule is O=C(O)Cc1c(O)n(C2CCCC2)[nH]c1=O. The van der Waals surface area contributed by atoms with Gasteiger partial charge < -0.3 is 10.2 Å². The smallest absolute Gasteiger partial charge is 0.308 e. The van der Waals surface area contributed by atoms with Gasteiger partial charge in [-0.3, -0.25) is 19.4 Å². The Morgan fingerprint density at radius 3 is 2.62 bits per heavy atom. The van der Waals surface area contributed by atoms with Crippen LogP contribution in [0.5, 0.6) is 5.88 Å². The second kappa shape index (κ2) is 4.03. The van der Waals surface area contributed by atoms with Crippen molar-refractivity contribution in [1.29, 1.82) is 0 Å². The molecule has 88 valence electrons. The summed E-state index contributed by atoms with van der Waals surface area (Å²) in [7, 11) is 0. The van der Waals surface area contributed by atoms with Crippen molar-refractivity contribution >= 4 is 5.97 Å². The molecule has 0 atom stereocenters. The fourth-order valence-electron chi connectivity index (χ4n) is 2.21. The number of nitrogens with one attached hydrogen (secondary N) is 1. The Hall–Kier alpha value is -1.72. The minimum Gasteiger partial charge on any atom is -0.493 e. The summed E-state index contributed by atoms with van der Waals surface area (Å²) in [6.45, 7) is 0. The Labute approximate surface area is 91.5 Å². The van der Waals surface area contributed by atoms with Gasteiger partial charge in [-0.25, -0.2) is 0 Å². The van der Waals surface area contributed by atoms with Gasteiger partial charge in [0.05, 0.1) is 18.0 Å². The van der Waals surface area contributed by atoms with Gasteiger partial charge in [-0.15, -0.1) is 0 Å². The number of carbonyl (C=O) groups is 1. The lowest BCUT2D eigenvalue weighted by molar-refractivity contribution is -0.136. The van der Waals surface area contributed by atoms with Crippen LogP contribution in [0, 0.1) is 0 Å². The third kappa shape index (κ3) is 1.82. The standard InChI is InChI=1S/C10H14N2O4/c13-8(14)5-7-9(15)11-12(10(7)16)6-3-1-2-4-6/h6,16H,1-5H2,(H,11,15)(H,13,14). The summed E-state index contributed by atoms with van der Waals surface area (Å²) in [6.07, 6.45) is 3.51. The number of hydrogen-bond donors (Lipinski definition) is 3. The monoisotopic (exact) mass is 226 g/mol. The van der Waals surface area contributed by atoms with Crippen LogP contribution in [0.1, 0.15) is 37.3 Å². The van der Waals surface area contributed by atoms with Gasteiger partial charge in [-0.05, 0) is 12.8 Å². The first-order valence-corrected chi connectivity index (χ1v) is 5.33. The van der Waals surface area contributed by atoms with Crippen LogP contribution in [0.25, 0.3) is 0 Å². The van der Waals surface area contributed by atoms with Crippen molar-refractivity contribution in [2.75, 3.05) is 0 Å². The van der Waals surface area contributed by atoms with Crippen LogP contribution < -0.4 is 5.56 Å². The van der Waals surface area contributed by atoms with Crippen LogP contribution in [0.3, 0.4) is 0 Å². The molecule has 0 spiro atoms. The van der Waals surface area contributed by atoms with E-state index in [9.17, 15) is 14.7 Å². The van der Waals surface area contributed by atoms with Gasteiger partial charge in [0, 0.05) is 0 Å². The summed E-state index contributed by atoms with van der Waals surface area (Å²) in [6, 6.07) is 0.0928. The van der Waals surface area contributed by atoms with E-state index in [4.69, 9.17) is 5.11 Å². The number of nitrogens with zero attached hydrogens (tertiary/aromatic N) is 1. The molecule has 1 saturated carbocycles. The highest BCUT2D eigenvalue weighted by molar-refractivity contribution is 5.70. The summed E-state index contributed by atoms with van der Waals surface area (Å²) in [5.74, 6) is -1.34. The first-order chi connectivity index (χ1) is 7.59. The molecule has 1 aromatic heterocycles. The molecule has 3 N–H and O–H groups in total. The maximum atomic E-state index is 11.5. The highest BCUT2D eigenvalue weighted by Gasteiger charge is 2.24. The third-order valence-electron chi connectivity index (χ3n) is 3.01. The number of H-pyrrole nitrogens is 1. The van der Waals surface area contributed by atoms with Crippen molar-refractivity contribution < 1.29 is 15.0 Å². The summed E-state index contributed by atoms with van der Waals surface area (Å²) in [5.41, 5.74) is -0.564. The number of aliphatic carboxylic acids is 1. The van der Waals surface area contributed by atoms with Crippen LogP contribution in [0.15, 0.2) is 4.79 Å². The molecule has 6 heteroatoms. The predicted molar refractivity (Wildman–Crippen MR) is 55.6 cm³/mol. The molecular formula is C10H14N2O4. The van der Waals surface area contributed by atoms with E-state index in [-0.39, 0.29) is 17.5 Å². The summed E-state index contributed by atoms with van der Waals surface area (Å²) in [4.78, 5) is 22.0. The first kappa shape index (κ1) is 10.8. The van der Waals surface area contributed by atoms with Crippen molar-refractivity contribution in [3.8, 4) is 5.88 Å². The van der Waals surface area contributed by atoms with E-state index in [1.807, 2.05) is 0 Å². The van der Waals surface area contributed by atoms with Gasteiger partial charge in [-0.2, -0.15) is 0 Å². The molecule has 1 heterocycles. The topological polar surface area (TPSA) is 95.3 Å². The third-order valence-corrected chi connectivity index (χ3v) is 3.01. The largest absolute Gasteiger partial charge is 0.493 e. The van der Waals surface area contributed by atoms with Gasteiger partial charge in [0.25, 0.3) is 5.56 Å². The van der Waals surface area contributed by atoms with Crippen molar-refractivity contribution in [2.24, 2.45) is 0 Å². The predicted octanol–water partition coefficient (Wildman–Crippen LogP) is 0.624. The van der Waals surface area contributed by atoms with Gasteiger partial charge >= 0.3 is 5.97 Å². The average Bonchev–Trinajstić information content (AvgIpc) is 2.80. The number of aromatic amines is 1. The zero-order chi connectivity index (χ0) is 11.7. The Morgan fingerprint density at radius 2 is 2.06 bits per heavy atom. The fraction of sp³-hybridized carbons (Fsp3) is 0.600. The summed E-state index contributed by atoms with van der Waals surface area (Å²) >= 11 is 0. The maximum Gasteiger partial charge on any atom is 0.308 e. The minimum absolute atomic E-state index is 0.0561. The molecule has 1 aromatic rings. The molecule has 0 aliphatic heterocycles. The highest BCUT2D eigenvalue weighted by atomic mass is 16.4. The number of carboxylic acids is 1. The minimum atomic E-state index is -1.12. The first-order valence-electron chi connectivity index (χ1n) is 5.33. The van der Waals surface area contributed by atoms with Crippen molar-refractivity contribution in [3.63, 3.8) is 0 Å². The Bertz CT molecular complexity index is 454. The van der Waals surface area contributed by atoms with Crippen LogP contribution in [0.2, 0.25) is 0 Å². The van der Waals surface area contributed by atoms with E-state index >= 15 is 0 Å². The summed E-state index contributed by atoms with van der Waals surface area (Å²) < 4.78 is 1.41. The van der Waals surface area contributed by atoms with E-state index in [0.717, 1.165) is 25.7 Å². The Balaban J connectivity index is 2.34. The number of aromatic hydroxyl groups is 1. The van der Waals surface area contributed by atoms with Gasteiger partial charge in [-0.1, -0.05) is 12.8 Å². The van der Waals surface area contributed by atoms with Crippen LogP contribution >= 0.6 is 0 Å². The lowest BCUT2D eigenvalue weighted by Crippen LogP contribution is -2.12. The second-order valence-electron chi connectivity index (χ2n) is 4.12. The average molecular weight is 226 g/mol. The van der Waals surface area contributed by atoms with Crippen molar-refractivity contribution in [3.05, 3.63) is 15.9 Å². The molecule has 0 amide bonds. The van der Waals surface area contributed by atoms with Crippen molar-refractivity contribution in [2.45, 2.75) is 38.1 Å². The lowest BCUT2D eigenvalue weighted by atomic mass is 10.2. The molecule has 0 saturated heterocycles. The number of rotatable bonds is 3. The van der Waals surface area contributed by atoms with E-state index < -0.39 is 17.9 Å². The molecule has 6 nitrogen and oxygen atoms in total. The highest BCUT2D eigenvalue weighted by Crippen LogP contribution is 2.32. The maximum absolute atomic E-state index is 11.5. The van der Waals surface area contributed by atoms with E-state index in [1.165, 1.54) is 4.68 Å². The molecule has 0 radical (unpaired) electrons. The van der Waals surface area contributed by atoms with Crippen LogP contribution in [-0.4, -0.2) is 26.0 Å². The van der Waals surface area contributed by atoms with Crippen molar-refractivity contribution in [1.82, 2.24) is 9.78 Å². The van der Waals surface area contributed by atoms with Crippen LogP contribution in [-0.2, 0) is 11.2 Å². The second-order valence-corrected chi connectivity index (χ2v) is 4.12. The molecular weight excluding hydrogens is 212 g/mol.